The molecule has 1 aromatic rings. The monoisotopic (exact) mass is 699 g/mol. The second-order valence-electron chi connectivity index (χ2n) is 12.6. The zero-order chi connectivity index (χ0) is 33.4. The Morgan fingerprint density at radius 2 is 1.68 bits per heavy atom. The Labute approximate surface area is 287 Å². The number of nitrogens with zero attached hydrogens (tertiary/aromatic N) is 2. The summed E-state index contributed by atoms with van der Waals surface area (Å²) in [4.78, 5) is 55.8. The van der Waals surface area contributed by atoms with Gasteiger partial charge in [0.05, 0.1) is 23.8 Å². The minimum absolute atomic E-state index is 0. The van der Waals surface area contributed by atoms with Gasteiger partial charge >= 0.3 is 0 Å². The maximum Gasteiger partial charge on any atom is 0.255 e. The number of nitrogens with one attached hydrogen (secondary N) is 2. The molecule has 0 heterocycles. The Morgan fingerprint density at radius 3 is 2.26 bits per heavy atom. The van der Waals surface area contributed by atoms with E-state index in [0.717, 1.165) is 25.7 Å². The van der Waals surface area contributed by atoms with Crippen LogP contribution in [0.2, 0.25) is 0 Å². The SMILES string of the molecule is CCCCCCCNCC(=O)Nc1cc(N(C)C)c2c(c1O)C(=O)C1=C(O)[C@]3(O)C(=O)C(C(N)=O)=C(O)[C@@H](N(C)C)C3CC1C2.Cl.Cl. The van der Waals surface area contributed by atoms with Gasteiger partial charge in [0, 0.05) is 31.3 Å². The molecule has 0 fully saturated rings. The smallest absolute Gasteiger partial charge is 0.255 e. The number of ketones is 2. The number of halogens is 2. The van der Waals surface area contributed by atoms with Gasteiger partial charge in [-0.25, -0.2) is 0 Å². The van der Waals surface area contributed by atoms with E-state index in [1.54, 1.807) is 39.2 Å². The summed E-state index contributed by atoms with van der Waals surface area (Å²) in [6.07, 6.45) is 5.56. The van der Waals surface area contributed by atoms with Gasteiger partial charge in [-0.1, -0.05) is 32.6 Å². The highest BCUT2D eigenvalue weighted by atomic mass is 35.5. The highest BCUT2D eigenvalue weighted by molar-refractivity contribution is 6.25. The number of benzene rings is 1. The summed E-state index contributed by atoms with van der Waals surface area (Å²) in [5, 5.41) is 51.3. The number of fused-ring (bicyclic) bond motifs is 3. The number of carbonyl (C=O) groups excluding carboxylic acids is 4. The molecule has 13 nitrogen and oxygen atoms in total. The first-order chi connectivity index (χ1) is 21.2. The van der Waals surface area contributed by atoms with Crippen molar-refractivity contribution in [2.45, 2.75) is 63.5 Å². The number of primary amides is 1. The molecule has 0 radical (unpaired) electrons. The van der Waals surface area contributed by atoms with Crippen molar-refractivity contribution in [3.8, 4) is 5.75 Å². The number of carbonyl (C=O) groups is 4. The summed E-state index contributed by atoms with van der Waals surface area (Å²) in [5.41, 5.74) is 2.41. The van der Waals surface area contributed by atoms with Crippen molar-refractivity contribution >= 4 is 59.6 Å². The number of aliphatic hydroxyl groups is 3. The number of unbranched alkanes of at least 4 members (excludes halogenated alkanes) is 4. The lowest BCUT2D eigenvalue weighted by molar-refractivity contribution is -0.148. The number of aliphatic hydroxyl groups excluding tert-OH is 2. The van der Waals surface area contributed by atoms with Crippen LogP contribution in [0.15, 0.2) is 28.7 Å². The number of Topliss-reactive ketones (excluding diaryl/α,β-unsaturated/α-hetero) is 2. The number of allylic oxidation sites excluding steroid dienone is 1. The van der Waals surface area contributed by atoms with Crippen LogP contribution in [0.1, 0.15) is 61.4 Å². The molecule has 0 saturated heterocycles. The Bertz CT molecular complexity index is 1480. The van der Waals surface area contributed by atoms with Crippen LogP contribution in [-0.2, 0) is 20.8 Å². The van der Waals surface area contributed by atoms with Crippen molar-refractivity contribution in [2.75, 3.05) is 51.5 Å². The molecule has 0 bridgehead atoms. The first-order valence-corrected chi connectivity index (χ1v) is 15.4. The Morgan fingerprint density at radius 1 is 1.04 bits per heavy atom. The number of phenolic OH excluding ortho intramolecular Hbond substituents is 1. The van der Waals surface area contributed by atoms with Gasteiger partial charge in [0.25, 0.3) is 5.91 Å². The Kier molecular flexibility index (Phi) is 13.3. The van der Waals surface area contributed by atoms with Crippen molar-refractivity contribution in [3.63, 3.8) is 0 Å². The predicted molar refractivity (Wildman–Crippen MR) is 183 cm³/mol. The fraction of sp³-hybridized carbons (Fsp3) is 0.562. The number of nitrogens with two attached hydrogens (primary N) is 1. The minimum atomic E-state index is -2.72. The molecular formula is C32H47Cl2N5O8. The van der Waals surface area contributed by atoms with Gasteiger partial charge < -0.3 is 41.7 Å². The first-order valence-electron chi connectivity index (χ1n) is 15.4. The van der Waals surface area contributed by atoms with E-state index < -0.39 is 69.7 Å². The predicted octanol–water partition coefficient (Wildman–Crippen LogP) is 2.53. The van der Waals surface area contributed by atoms with Gasteiger partial charge in [-0.2, -0.15) is 0 Å². The molecule has 8 N–H and O–H groups in total. The van der Waals surface area contributed by atoms with Crippen molar-refractivity contribution in [2.24, 2.45) is 17.6 Å². The highest BCUT2D eigenvalue weighted by Crippen LogP contribution is 2.53. The van der Waals surface area contributed by atoms with Crippen molar-refractivity contribution in [1.82, 2.24) is 10.2 Å². The van der Waals surface area contributed by atoms with Gasteiger partial charge in [0.2, 0.25) is 11.7 Å². The lowest BCUT2D eigenvalue weighted by Crippen LogP contribution is -2.63. The van der Waals surface area contributed by atoms with Crippen LogP contribution in [0.25, 0.3) is 0 Å². The van der Waals surface area contributed by atoms with E-state index in [-0.39, 0.29) is 61.0 Å². The van der Waals surface area contributed by atoms with Crippen LogP contribution >= 0.6 is 24.8 Å². The summed E-state index contributed by atoms with van der Waals surface area (Å²) in [6, 6.07) is 0.512. The van der Waals surface area contributed by atoms with Crippen molar-refractivity contribution in [3.05, 3.63) is 39.9 Å². The Hall–Kier alpha value is -3.36. The molecule has 47 heavy (non-hydrogen) atoms. The molecule has 3 aliphatic carbocycles. The second kappa shape index (κ2) is 15.7. The van der Waals surface area contributed by atoms with Crippen LogP contribution in [0.5, 0.6) is 5.75 Å². The topological polar surface area (TPSA) is 206 Å². The normalized spacial score (nSPS) is 23.3. The second-order valence-corrected chi connectivity index (χ2v) is 12.6. The van der Waals surface area contributed by atoms with Gasteiger partial charge in [0.1, 0.15) is 17.1 Å². The molecule has 2 amide bonds. The van der Waals surface area contributed by atoms with Crippen LogP contribution in [0, 0.1) is 11.8 Å². The van der Waals surface area contributed by atoms with E-state index in [2.05, 4.69) is 17.6 Å². The number of phenols is 1. The van der Waals surface area contributed by atoms with Crippen LogP contribution in [0.3, 0.4) is 0 Å². The fourth-order valence-electron chi connectivity index (χ4n) is 7.04. The summed E-state index contributed by atoms with van der Waals surface area (Å²) in [7, 11) is 6.66. The number of rotatable bonds is 12. The van der Waals surface area contributed by atoms with E-state index in [4.69, 9.17) is 5.73 Å². The molecule has 0 aliphatic heterocycles. The van der Waals surface area contributed by atoms with E-state index in [1.807, 2.05) is 0 Å². The largest absolute Gasteiger partial charge is 0.510 e. The molecule has 0 saturated carbocycles. The molecule has 4 rings (SSSR count). The minimum Gasteiger partial charge on any atom is -0.510 e. The summed E-state index contributed by atoms with van der Waals surface area (Å²) in [6.45, 7) is 2.80. The van der Waals surface area contributed by atoms with Gasteiger partial charge in [-0.15, -0.1) is 24.8 Å². The van der Waals surface area contributed by atoms with E-state index in [0.29, 0.717) is 17.8 Å². The van der Waals surface area contributed by atoms with Crippen molar-refractivity contribution < 1.29 is 39.6 Å². The molecule has 4 atom stereocenters. The number of likely N-dealkylation sites (N-methyl/N-ethyl adjacent to an activating group) is 1. The van der Waals surface area contributed by atoms with Crippen LogP contribution < -0.4 is 21.3 Å². The van der Waals surface area contributed by atoms with E-state index in [9.17, 15) is 39.6 Å². The van der Waals surface area contributed by atoms with Crippen LogP contribution in [0.4, 0.5) is 11.4 Å². The lowest BCUT2D eigenvalue weighted by Gasteiger charge is -2.50. The molecule has 0 aromatic heterocycles. The van der Waals surface area contributed by atoms with Crippen molar-refractivity contribution in [1.29, 1.82) is 0 Å². The van der Waals surface area contributed by atoms with Gasteiger partial charge in [0.15, 0.2) is 17.1 Å². The fourth-order valence-corrected chi connectivity index (χ4v) is 7.04. The molecule has 262 valence electrons. The third kappa shape index (κ3) is 7.09. The standard InChI is InChI=1S/C32H45N5O8.2ClH/c1-6-7-8-9-10-11-34-15-21(38)35-19-14-20(36(2)3)17-12-16-13-18-25(37(4)5)28(41)24(31(33)44)30(43)32(18,45)29(42)22(16)27(40)23(17)26(19)39;;/h14,16,18,25,34,39,41-42,45H,6-13,15H2,1-5H3,(H2,33,44)(H,35,38);2*1H/t16?,18?,25-,32-;;/m0../s1. The van der Waals surface area contributed by atoms with Gasteiger partial charge in [-0.05, 0) is 57.5 Å². The average Bonchev–Trinajstić information content (AvgIpc) is 2.95. The Balaban J connectivity index is 0.00000384. The first kappa shape index (κ1) is 39.8. The molecule has 0 spiro atoms. The molecule has 1 aromatic carbocycles. The molecule has 15 heteroatoms. The van der Waals surface area contributed by atoms with E-state index >= 15 is 0 Å². The summed E-state index contributed by atoms with van der Waals surface area (Å²) in [5.74, 6) is -7.69. The third-order valence-corrected chi connectivity index (χ3v) is 9.20. The molecule has 2 unspecified atom stereocenters. The zero-order valence-electron chi connectivity index (χ0n) is 27.4. The lowest BCUT2D eigenvalue weighted by atomic mass is 9.58. The van der Waals surface area contributed by atoms with Crippen LogP contribution in [-0.4, -0.2) is 102 Å². The maximum atomic E-state index is 14.1. The van der Waals surface area contributed by atoms with E-state index in [1.165, 1.54) is 11.3 Å². The highest BCUT2D eigenvalue weighted by Gasteiger charge is 2.63. The zero-order valence-corrected chi connectivity index (χ0v) is 29.0. The number of hydrogen-bond donors (Lipinski definition) is 7. The number of anilines is 2. The van der Waals surface area contributed by atoms with Gasteiger partial charge in [-0.3, -0.25) is 24.1 Å². The number of aromatic hydroxyl groups is 1. The maximum absolute atomic E-state index is 14.1. The average molecular weight is 701 g/mol. The number of hydrogen-bond acceptors (Lipinski definition) is 11. The quantitative estimate of drug-likeness (QED) is 0.0959. The summed E-state index contributed by atoms with van der Waals surface area (Å²) < 4.78 is 0. The molecular weight excluding hydrogens is 653 g/mol. The summed E-state index contributed by atoms with van der Waals surface area (Å²) >= 11 is 0. The molecule has 3 aliphatic rings. The number of amides is 2. The third-order valence-electron chi connectivity index (χ3n) is 9.20.